The van der Waals surface area contributed by atoms with E-state index >= 15 is 0 Å². The first-order valence-corrected chi connectivity index (χ1v) is 6.06. The predicted molar refractivity (Wildman–Crippen MR) is 61.0 cm³/mol. The summed E-state index contributed by atoms with van der Waals surface area (Å²) in [7, 11) is 1.68. The number of ether oxygens (including phenoxy) is 1. The van der Waals surface area contributed by atoms with Crippen LogP contribution in [0.1, 0.15) is 43.8 Å². The molecular weight excluding hydrogens is 204 g/mol. The summed E-state index contributed by atoms with van der Waals surface area (Å²) in [4.78, 5) is 0. The van der Waals surface area contributed by atoms with Crippen LogP contribution in [0.4, 0.5) is 0 Å². The van der Waals surface area contributed by atoms with Gasteiger partial charge in [0.1, 0.15) is 6.10 Å². The standard InChI is InChI=1S/C13H20O3/c1-15-13(10-5-3-2-4-6-10)12(14)11-7-8-16-9-11/h7-10,12-14H,2-6H2,1H3. The minimum absolute atomic E-state index is 0.0992. The molecule has 16 heavy (non-hydrogen) atoms. The van der Waals surface area contributed by atoms with Crippen LogP contribution in [0.2, 0.25) is 0 Å². The average Bonchev–Trinajstić information content (AvgIpc) is 2.85. The van der Waals surface area contributed by atoms with Crippen molar-refractivity contribution in [3.05, 3.63) is 24.2 Å². The largest absolute Gasteiger partial charge is 0.472 e. The zero-order chi connectivity index (χ0) is 11.4. The number of hydrogen-bond acceptors (Lipinski definition) is 3. The van der Waals surface area contributed by atoms with Gasteiger partial charge in [-0.1, -0.05) is 19.3 Å². The Kier molecular flexibility index (Phi) is 4.02. The van der Waals surface area contributed by atoms with Gasteiger partial charge in [-0.05, 0) is 24.8 Å². The summed E-state index contributed by atoms with van der Waals surface area (Å²) in [5.41, 5.74) is 0.817. The van der Waals surface area contributed by atoms with Crippen LogP contribution in [0.25, 0.3) is 0 Å². The summed E-state index contributed by atoms with van der Waals surface area (Å²) in [5.74, 6) is 0.476. The minimum Gasteiger partial charge on any atom is -0.472 e. The van der Waals surface area contributed by atoms with Crippen molar-refractivity contribution in [3.8, 4) is 0 Å². The Labute approximate surface area is 96.4 Å². The van der Waals surface area contributed by atoms with E-state index < -0.39 is 6.10 Å². The van der Waals surface area contributed by atoms with Gasteiger partial charge >= 0.3 is 0 Å². The monoisotopic (exact) mass is 224 g/mol. The van der Waals surface area contributed by atoms with E-state index in [-0.39, 0.29) is 6.10 Å². The summed E-state index contributed by atoms with van der Waals surface area (Å²) in [6.45, 7) is 0. The zero-order valence-corrected chi connectivity index (χ0v) is 9.76. The Balaban J connectivity index is 2.03. The normalized spacial score (nSPS) is 21.9. The molecule has 2 unspecified atom stereocenters. The van der Waals surface area contributed by atoms with Crippen LogP contribution < -0.4 is 0 Å². The van der Waals surface area contributed by atoms with Crippen LogP contribution in [0.5, 0.6) is 0 Å². The summed E-state index contributed by atoms with van der Waals surface area (Å²) in [5, 5.41) is 10.2. The number of aliphatic hydroxyl groups is 1. The predicted octanol–water partition coefficient (Wildman–Crippen LogP) is 2.91. The highest BCUT2D eigenvalue weighted by Gasteiger charge is 2.30. The molecule has 3 heteroatoms. The molecular formula is C13H20O3. The molecule has 1 aliphatic carbocycles. The number of furan rings is 1. The fraction of sp³-hybridized carbons (Fsp3) is 0.692. The van der Waals surface area contributed by atoms with E-state index in [0.29, 0.717) is 5.92 Å². The highest BCUT2D eigenvalue weighted by Crippen LogP contribution is 2.34. The molecule has 1 fully saturated rings. The molecule has 0 aromatic carbocycles. The molecule has 2 rings (SSSR count). The molecule has 3 nitrogen and oxygen atoms in total. The summed E-state index contributed by atoms with van der Waals surface area (Å²) in [6, 6.07) is 1.81. The molecule has 1 aliphatic rings. The van der Waals surface area contributed by atoms with Crippen molar-refractivity contribution in [1.29, 1.82) is 0 Å². The van der Waals surface area contributed by atoms with Gasteiger partial charge in [0.15, 0.2) is 0 Å². The second-order valence-corrected chi connectivity index (χ2v) is 4.60. The first-order chi connectivity index (χ1) is 7.83. The van der Waals surface area contributed by atoms with Gasteiger partial charge in [-0.2, -0.15) is 0 Å². The summed E-state index contributed by atoms with van der Waals surface area (Å²) >= 11 is 0. The van der Waals surface area contributed by atoms with E-state index in [1.165, 1.54) is 19.3 Å². The molecule has 1 aromatic heterocycles. The molecule has 0 saturated heterocycles. The van der Waals surface area contributed by atoms with Gasteiger partial charge in [0.05, 0.1) is 18.6 Å². The minimum atomic E-state index is -0.563. The number of hydrogen-bond donors (Lipinski definition) is 1. The van der Waals surface area contributed by atoms with Gasteiger partial charge in [-0.25, -0.2) is 0 Å². The molecule has 0 aliphatic heterocycles. The number of methoxy groups -OCH3 is 1. The average molecular weight is 224 g/mol. The Hall–Kier alpha value is -0.800. The zero-order valence-electron chi connectivity index (χ0n) is 9.76. The molecule has 1 heterocycles. The lowest BCUT2D eigenvalue weighted by atomic mass is 9.82. The molecule has 1 saturated carbocycles. The SMILES string of the molecule is COC(C1CCCCC1)C(O)c1ccoc1. The number of aliphatic hydroxyl groups excluding tert-OH is 1. The van der Waals surface area contributed by atoms with Gasteiger partial charge < -0.3 is 14.3 Å². The van der Waals surface area contributed by atoms with E-state index in [1.807, 2.05) is 0 Å². The Morgan fingerprint density at radius 3 is 2.69 bits per heavy atom. The van der Waals surface area contributed by atoms with Crippen molar-refractivity contribution in [3.63, 3.8) is 0 Å². The van der Waals surface area contributed by atoms with Crippen LogP contribution in [0.15, 0.2) is 23.0 Å². The van der Waals surface area contributed by atoms with E-state index in [2.05, 4.69) is 0 Å². The molecule has 0 amide bonds. The third-order valence-corrected chi connectivity index (χ3v) is 3.58. The molecule has 0 spiro atoms. The summed E-state index contributed by atoms with van der Waals surface area (Å²) in [6.07, 6.45) is 8.66. The van der Waals surface area contributed by atoms with E-state index in [4.69, 9.17) is 9.15 Å². The van der Waals surface area contributed by atoms with Gasteiger partial charge in [-0.3, -0.25) is 0 Å². The van der Waals surface area contributed by atoms with Crippen molar-refractivity contribution in [2.45, 2.75) is 44.3 Å². The second-order valence-electron chi connectivity index (χ2n) is 4.60. The molecule has 0 bridgehead atoms. The Bertz CT molecular complexity index is 288. The van der Waals surface area contributed by atoms with Crippen LogP contribution >= 0.6 is 0 Å². The van der Waals surface area contributed by atoms with E-state index in [0.717, 1.165) is 18.4 Å². The molecule has 90 valence electrons. The smallest absolute Gasteiger partial charge is 0.108 e. The van der Waals surface area contributed by atoms with Gasteiger partial charge in [0.2, 0.25) is 0 Å². The van der Waals surface area contributed by atoms with Gasteiger partial charge in [0.25, 0.3) is 0 Å². The van der Waals surface area contributed by atoms with Gasteiger partial charge in [0, 0.05) is 12.7 Å². The first-order valence-electron chi connectivity index (χ1n) is 6.06. The van der Waals surface area contributed by atoms with Crippen molar-refractivity contribution in [1.82, 2.24) is 0 Å². The van der Waals surface area contributed by atoms with Crippen LogP contribution in [0.3, 0.4) is 0 Å². The lowest BCUT2D eigenvalue weighted by Crippen LogP contribution is -2.31. The third-order valence-electron chi connectivity index (χ3n) is 3.58. The Morgan fingerprint density at radius 2 is 2.12 bits per heavy atom. The fourth-order valence-electron chi connectivity index (χ4n) is 2.67. The molecule has 2 atom stereocenters. The van der Waals surface area contributed by atoms with Crippen molar-refractivity contribution in [2.75, 3.05) is 7.11 Å². The van der Waals surface area contributed by atoms with Crippen LogP contribution in [-0.4, -0.2) is 18.3 Å². The van der Waals surface area contributed by atoms with Crippen LogP contribution in [0, 0.1) is 5.92 Å². The lowest BCUT2D eigenvalue weighted by molar-refractivity contribution is -0.0561. The topological polar surface area (TPSA) is 42.6 Å². The number of rotatable bonds is 4. The third kappa shape index (κ3) is 2.47. The van der Waals surface area contributed by atoms with Crippen LogP contribution in [-0.2, 0) is 4.74 Å². The molecule has 1 aromatic rings. The molecule has 1 N–H and O–H groups in total. The fourth-order valence-corrected chi connectivity index (χ4v) is 2.67. The van der Waals surface area contributed by atoms with Crippen molar-refractivity contribution in [2.24, 2.45) is 5.92 Å². The van der Waals surface area contributed by atoms with Crippen molar-refractivity contribution >= 4 is 0 Å². The maximum atomic E-state index is 10.2. The summed E-state index contributed by atoms with van der Waals surface area (Å²) < 4.78 is 10.5. The van der Waals surface area contributed by atoms with E-state index in [1.54, 1.807) is 25.7 Å². The van der Waals surface area contributed by atoms with Crippen molar-refractivity contribution < 1.29 is 14.3 Å². The first kappa shape index (κ1) is 11.7. The lowest BCUT2D eigenvalue weighted by Gasteiger charge is -2.32. The second kappa shape index (κ2) is 5.51. The highest BCUT2D eigenvalue weighted by molar-refractivity contribution is 5.11. The molecule has 0 radical (unpaired) electrons. The highest BCUT2D eigenvalue weighted by atomic mass is 16.5. The maximum absolute atomic E-state index is 10.2. The maximum Gasteiger partial charge on any atom is 0.108 e. The quantitative estimate of drug-likeness (QED) is 0.855. The van der Waals surface area contributed by atoms with E-state index in [9.17, 15) is 5.11 Å². The van der Waals surface area contributed by atoms with Gasteiger partial charge in [-0.15, -0.1) is 0 Å². The Morgan fingerprint density at radius 1 is 1.38 bits per heavy atom.